The van der Waals surface area contributed by atoms with E-state index >= 15 is 0 Å². The van der Waals surface area contributed by atoms with Crippen molar-refractivity contribution in [1.29, 1.82) is 0 Å². The summed E-state index contributed by atoms with van der Waals surface area (Å²) in [7, 11) is 4.13. The topological polar surface area (TPSA) is 26.7 Å². The number of nitrogens with zero attached hydrogens (tertiary/aromatic N) is 2. The smallest absolute Gasteiger partial charge is 0.164 e. The first kappa shape index (κ1) is 16.3. The molecule has 0 aromatic heterocycles. The lowest BCUT2D eigenvalue weighted by molar-refractivity contribution is 0.140. The Balaban J connectivity index is 1.80. The van der Waals surface area contributed by atoms with Gasteiger partial charge >= 0.3 is 0 Å². The molecule has 0 amide bonds. The summed E-state index contributed by atoms with van der Waals surface area (Å²) in [5.74, 6) is -1.19. The largest absolute Gasteiger partial charge is 0.388 e. The number of halogens is 2. The molecule has 1 aliphatic rings. The van der Waals surface area contributed by atoms with E-state index in [2.05, 4.69) is 16.8 Å². The van der Waals surface area contributed by atoms with Gasteiger partial charge in [0, 0.05) is 25.2 Å². The van der Waals surface area contributed by atoms with E-state index < -0.39 is 17.7 Å². The van der Waals surface area contributed by atoms with Gasteiger partial charge in [0.1, 0.15) is 0 Å². The van der Waals surface area contributed by atoms with E-state index in [9.17, 15) is 13.9 Å². The Morgan fingerprint density at radius 3 is 2.86 bits per heavy atom. The lowest BCUT2D eigenvalue weighted by atomic mass is 10.0. The number of hydrogen-bond donors (Lipinski definition) is 1. The van der Waals surface area contributed by atoms with Gasteiger partial charge in [0.05, 0.1) is 6.10 Å². The highest BCUT2D eigenvalue weighted by Crippen LogP contribution is 2.22. The molecule has 0 aliphatic carbocycles. The van der Waals surface area contributed by atoms with Crippen molar-refractivity contribution in [2.24, 2.45) is 5.92 Å². The highest BCUT2D eigenvalue weighted by molar-refractivity contribution is 5.21. The fraction of sp³-hybridized carbons (Fsp3) is 0.625. The molecular weight excluding hydrogens is 274 g/mol. The minimum atomic E-state index is -0.964. The summed E-state index contributed by atoms with van der Waals surface area (Å²) in [6, 6.07) is 3.93. The fourth-order valence-corrected chi connectivity index (χ4v) is 2.98. The molecule has 118 valence electrons. The molecule has 2 unspecified atom stereocenters. The van der Waals surface area contributed by atoms with Gasteiger partial charge in [-0.25, -0.2) is 8.78 Å². The molecule has 1 aromatic rings. The molecule has 1 fully saturated rings. The van der Waals surface area contributed by atoms with Crippen LogP contribution in [0.5, 0.6) is 0 Å². The lowest BCUT2D eigenvalue weighted by Gasteiger charge is -2.22. The standard InChI is InChI=1S/C16H24F2N2O/c1-19-8-6-12(10-19)11-20(2)9-7-15(21)13-4-3-5-14(17)16(13)18/h3-5,12,15,21H,6-11H2,1-2H3. The molecular formula is C16H24F2N2O. The number of likely N-dealkylation sites (tertiary alicyclic amines) is 1. The summed E-state index contributed by atoms with van der Waals surface area (Å²) in [6.45, 7) is 3.88. The third kappa shape index (κ3) is 4.46. The van der Waals surface area contributed by atoms with Crippen molar-refractivity contribution >= 4 is 0 Å². The van der Waals surface area contributed by atoms with Gasteiger partial charge in [-0.15, -0.1) is 0 Å². The maximum Gasteiger partial charge on any atom is 0.164 e. The van der Waals surface area contributed by atoms with Crippen LogP contribution in [0.3, 0.4) is 0 Å². The van der Waals surface area contributed by atoms with Crippen molar-refractivity contribution in [3.63, 3.8) is 0 Å². The van der Waals surface area contributed by atoms with Gasteiger partial charge in [-0.3, -0.25) is 0 Å². The summed E-state index contributed by atoms with van der Waals surface area (Å²) in [5.41, 5.74) is 0.0454. The number of aliphatic hydroxyl groups excluding tert-OH is 1. The van der Waals surface area contributed by atoms with Crippen LogP contribution in [0.1, 0.15) is 24.5 Å². The molecule has 5 heteroatoms. The molecule has 2 rings (SSSR count). The summed E-state index contributed by atoms with van der Waals surface area (Å²) < 4.78 is 26.7. The van der Waals surface area contributed by atoms with Crippen molar-refractivity contribution < 1.29 is 13.9 Å². The normalized spacial score (nSPS) is 21.1. The molecule has 0 spiro atoms. The zero-order valence-electron chi connectivity index (χ0n) is 12.7. The van der Waals surface area contributed by atoms with Crippen LogP contribution in [-0.4, -0.2) is 55.2 Å². The Morgan fingerprint density at radius 1 is 1.43 bits per heavy atom. The minimum absolute atomic E-state index is 0.0454. The van der Waals surface area contributed by atoms with Crippen LogP contribution in [0.4, 0.5) is 8.78 Å². The average Bonchev–Trinajstić information content (AvgIpc) is 2.84. The van der Waals surface area contributed by atoms with E-state index in [4.69, 9.17) is 0 Å². The Labute approximate surface area is 125 Å². The first-order valence-electron chi connectivity index (χ1n) is 7.46. The Kier molecular flexibility index (Phi) is 5.67. The van der Waals surface area contributed by atoms with E-state index in [-0.39, 0.29) is 5.56 Å². The molecule has 1 aromatic carbocycles. The van der Waals surface area contributed by atoms with Crippen LogP contribution in [0, 0.1) is 17.6 Å². The Bertz CT molecular complexity index is 470. The van der Waals surface area contributed by atoms with E-state index in [1.165, 1.54) is 18.6 Å². The average molecular weight is 298 g/mol. The molecule has 3 nitrogen and oxygen atoms in total. The van der Waals surface area contributed by atoms with Gasteiger partial charge in [-0.2, -0.15) is 0 Å². The third-order valence-electron chi connectivity index (χ3n) is 4.18. The number of rotatable bonds is 6. The van der Waals surface area contributed by atoms with Crippen molar-refractivity contribution in [2.75, 3.05) is 40.3 Å². The van der Waals surface area contributed by atoms with E-state index in [1.807, 2.05) is 7.05 Å². The Hall–Kier alpha value is -1.04. The quantitative estimate of drug-likeness (QED) is 0.873. The predicted octanol–water partition coefficient (Wildman–Crippen LogP) is 2.27. The Morgan fingerprint density at radius 2 is 2.19 bits per heavy atom. The molecule has 2 atom stereocenters. The van der Waals surface area contributed by atoms with Gasteiger partial charge < -0.3 is 14.9 Å². The van der Waals surface area contributed by atoms with Crippen molar-refractivity contribution in [3.8, 4) is 0 Å². The van der Waals surface area contributed by atoms with Crippen molar-refractivity contribution in [1.82, 2.24) is 9.80 Å². The van der Waals surface area contributed by atoms with Gasteiger partial charge in [0.15, 0.2) is 11.6 Å². The third-order valence-corrected chi connectivity index (χ3v) is 4.18. The highest BCUT2D eigenvalue weighted by Gasteiger charge is 2.21. The van der Waals surface area contributed by atoms with E-state index in [0.717, 1.165) is 25.7 Å². The predicted molar refractivity (Wildman–Crippen MR) is 79.0 cm³/mol. The minimum Gasteiger partial charge on any atom is -0.388 e. The van der Waals surface area contributed by atoms with Crippen LogP contribution >= 0.6 is 0 Å². The molecule has 0 radical (unpaired) electrons. The van der Waals surface area contributed by atoms with E-state index in [0.29, 0.717) is 18.9 Å². The van der Waals surface area contributed by atoms with Gasteiger partial charge in [-0.1, -0.05) is 12.1 Å². The molecule has 1 N–H and O–H groups in total. The molecule has 1 aliphatic heterocycles. The van der Waals surface area contributed by atoms with Crippen LogP contribution in [0.25, 0.3) is 0 Å². The van der Waals surface area contributed by atoms with Gasteiger partial charge in [0.2, 0.25) is 0 Å². The van der Waals surface area contributed by atoms with Crippen LogP contribution in [0.2, 0.25) is 0 Å². The molecule has 0 bridgehead atoms. The maximum atomic E-state index is 13.6. The van der Waals surface area contributed by atoms with Gasteiger partial charge in [0.25, 0.3) is 0 Å². The fourth-order valence-electron chi connectivity index (χ4n) is 2.98. The second-order valence-electron chi connectivity index (χ2n) is 6.13. The summed E-state index contributed by atoms with van der Waals surface area (Å²) in [6.07, 6.45) is 0.635. The summed E-state index contributed by atoms with van der Waals surface area (Å²) in [5, 5.41) is 10.0. The molecule has 21 heavy (non-hydrogen) atoms. The molecule has 1 heterocycles. The number of hydrogen-bond acceptors (Lipinski definition) is 3. The highest BCUT2D eigenvalue weighted by atomic mass is 19.2. The monoisotopic (exact) mass is 298 g/mol. The maximum absolute atomic E-state index is 13.6. The SMILES string of the molecule is CN1CCC(CN(C)CCC(O)c2cccc(F)c2F)C1. The first-order chi connectivity index (χ1) is 9.97. The van der Waals surface area contributed by atoms with Crippen molar-refractivity contribution in [3.05, 3.63) is 35.4 Å². The first-order valence-corrected chi connectivity index (χ1v) is 7.46. The molecule has 0 saturated carbocycles. The second-order valence-corrected chi connectivity index (χ2v) is 6.13. The van der Waals surface area contributed by atoms with Gasteiger partial charge in [-0.05, 0) is 45.5 Å². The van der Waals surface area contributed by atoms with Crippen LogP contribution in [0.15, 0.2) is 18.2 Å². The zero-order valence-corrected chi connectivity index (χ0v) is 12.7. The number of benzene rings is 1. The summed E-state index contributed by atoms with van der Waals surface area (Å²) >= 11 is 0. The van der Waals surface area contributed by atoms with E-state index in [1.54, 1.807) is 0 Å². The molecule has 1 saturated heterocycles. The zero-order chi connectivity index (χ0) is 15.4. The summed E-state index contributed by atoms with van der Waals surface area (Å²) in [4.78, 5) is 4.47. The van der Waals surface area contributed by atoms with Crippen LogP contribution in [-0.2, 0) is 0 Å². The van der Waals surface area contributed by atoms with Crippen LogP contribution < -0.4 is 0 Å². The number of aliphatic hydroxyl groups is 1. The van der Waals surface area contributed by atoms with Crippen molar-refractivity contribution in [2.45, 2.75) is 18.9 Å². The second kappa shape index (κ2) is 7.29. The lowest BCUT2D eigenvalue weighted by Crippen LogP contribution is -2.29.